The van der Waals surface area contributed by atoms with Gasteiger partial charge in [0, 0.05) is 12.1 Å². The second-order valence-corrected chi connectivity index (χ2v) is 7.66. The van der Waals surface area contributed by atoms with Crippen molar-refractivity contribution in [3.05, 3.63) is 82.9 Å². The molecular formula is C25H22ClN3O3. The molecule has 0 aliphatic carbocycles. The van der Waals surface area contributed by atoms with E-state index in [4.69, 9.17) is 16.0 Å². The van der Waals surface area contributed by atoms with Crippen LogP contribution >= 0.6 is 11.6 Å². The third kappa shape index (κ3) is 4.72. The highest BCUT2D eigenvalue weighted by atomic mass is 35.5. The monoisotopic (exact) mass is 447 g/mol. The molecule has 0 spiro atoms. The van der Waals surface area contributed by atoms with Crippen molar-refractivity contribution in [2.45, 2.75) is 13.5 Å². The molecule has 0 aliphatic rings. The fourth-order valence-corrected chi connectivity index (χ4v) is 3.66. The Balaban J connectivity index is 1.61. The zero-order chi connectivity index (χ0) is 22.5. The van der Waals surface area contributed by atoms with Crippen LogP contribution in [0.25, 0.3) is 34.0 Å². The number of halogens is 1. The fraction of sp³-hybridized carbons (Fsp3) is 0.160. The van der Waals surface area contributed by atoms with Gasteiger partial charge in [-0.1, -0.05) is 60.1 Å². The van der Waals surface area contributed by atoms with Crippen LogP contribution in [0, 0.1) is 6.92 Å². The number of hydrogen-bond acceptors (Lipinski definition) is 6. The Bertz CT molecular complexity index is 1240. The highest BCUT2D eigenvalue weighted by Crippen LogP contribution is 2.34. The maximum absolute atomic E-state index is 11.3. The van der Waals surface area contributed by atoms with Gasteiger partial charge in [0.2, 0.25) is 11.8 Å². The first-order valence-electron chi connectivity index (χ1n) is 10.1. The Labute approximate surface area is 191 Å². The van der Waals surface area contributed by atoms with Crippen LogP contribution in [0.15, 0.2) is 71.1 Å². The molecule has 7 heteroatoms. The summed E-state index contributed by atoms with van der Waals surface area (Å²) in [6.07, 6.45) is 0. The highest BCUT2D eigenvalue weighted by Gasteiger charge is 2.17. The molecule has 1 heterocycles. The lowest BCUT2D eigenvalue weighted by atomic mass is 9.96. The smallest absolute Gasteiger partial charge is 0.319 e. The van der Waals surface area contributed by atoms with Gasteiger partial charge in [0.05, 0.1) is 24.2 Å². The number of nitrogens with one attached hydrogen (secondary N) is 1. The number of methoxy groups -OCH3 is 1. The number of ether oxygens (including phenoxy) is 1. The van der Waals surface area contributed by atoms with Crippen molar-refractivity contribution in [1.82, 2.24) is 15.5 Å². The Kier molecular flexibility index (Phi) is 6.63. The molecule has 0 aliphatic heterocycles. The number of carbonyl (C=O) groups excluding carboxylic acids is 1. The van der Waals surface area contributed by atoms with Gasteiger partial charge in [-0.2, -0.15) is 0 Å². The van der Waals surface area contributed by atoms with E-state index >= 15 is 0 Å². The molecule has 4 rings (SSSR count). The molecule has 0 amide bonds. The molecule has 0 radical (unpaired) electrons. The van der Waals surface area contributed by atoms with Gasteiger partial charge in [0.1, 0.15) is 0 Å². The third-order valence-corrected chi connectivity index (χ3v) is 5.49. The average molecular weight is 448 g/mol. The minimum Gasteiger partial charge on any atom is -0.468 e. The van der Waals surface area contributed by atoms with E-state index in [1.807, 2.05) is 49.4 Å². The molecule has 0 saturated carbocycles. The van der Waals surface area contributed by atoms with E-state index in [-0.39, 0.29) is 12.5 Å². The van der Waals surface area contributed by atoms with Gasteiger partial charge in [-0.25, -0.2) is 0 Å². The minimum atomic E-state index is -0.325. The summed E-state index contributed by atoms with van der Waals surface area (Å²) in [7, 11) is 1.36. The number of nitrogens with zero attached hydrogens (tertiary/aromatic N) is 2. The summed E-state index contributed by atoms with van der Waals surface area (Å²) in [5.74, 6) is 0.443. The van der Waals surface area contributed by atoms with Gasteiger partial charge in [0.25, 0.3) is 0 Å². The Morgan fingerprint density at radius 1 is 0.969 bits per heavy atom. The predicted octanol–water partition coefficient (Wildman–Crippen LogP) is 5.30. The zero-order valence-corrected chi connectivity index (χ0v) is 18.5. The van der Waals surface area contributed by atoms with Crippen LogP contribution < -0.4 is 5.32 Å². The van der Waals surface area contributed by atoms with Crippen LogP contribution in [0.1, 0.15) is 11.1 Å². The van der Waals surface area contributed by atoms with Crippen molar-refractivity contribution >= 4 is 17.6 Å². The topological polar surface area (TPSA) is 77.2 Å². The van der Waals surface area contributed by atoms with Crippen molar-refractivity contribution in [1.29, 1.82) is 0 Å². The minimum absolute atomic E-state index is 0.121. The third-order valence-electron chi connectivity index (χ3n) is 5.16. The van der Waals surface area contributed by atoms with E-state index in [0.29, 0.717) is 28.9 Å². The molecule has 1 N–H and O–H groups in total. The van der Waals surface area contributed by atoms with Crippen LogP contribution in [0.3, 0.4) is 0 Å². The van der Waals surface area contributed by atoms with Gasteiger partial charge >= 0.3 is 5.97 Å². The van der Waals surface area contributed by atoms with Gasteiger partial charge in [0.15, 0.2) is 0 Å². The van der Waals surface area contributed by atoms with E-state index in [1.54, 1.807) is 6.07 Å². The lowest BCUT2D eigenvalue weighted by molar-refractivity contribution is -0.139. The van der Waals surface area contributed by atoms with Crippen molar-refractivity contribution in [2.75, 3.05) is 13.7 Å². The standard InChI is InChI=1S/C25H22ClN3O3/c1-16-19(18-7-4-3-5-8-18)9-6-10-20(16)24-28-29-25(32-24)21-13-17(11-12-22(21)26)14-27-15-23(30)31-2/h3-13,27H,14-15H2,1-2H3. The number of rotatable bonds is 7. The molecule has 0 atom stereocenters. The molecule has 1 aromatic heterocycles. The summed E-state index contributed by atoms with van der Waals surface area (Å²) in [5.41, 5.74) is 5.73. The lowest BCUT2D eigenvalue weighted by Gasteiger charge is -2.09. The molecule has 32 heavy (non-hydrogen) atoms. The fourth-order valence-electron chi connectivity index (χ4n) is 3.47. The summed E-state index contributed by atoms with van der Waals surface area (Å²) in [6, 6.07) is 21.7. The molecule has 3 aromatic carbocycles. The summed E-state index contributed by atoms with van der Waals surface area (Å²) >= 11 is 6.41. The van der Waals surface area contributed by atoms with Crippen molar-refractivity contribution in [3.8, 4) is 34.0 Å². The molecule has 6 nitrogen and oxygen atoms in total. The van der Waals surface area contributed by atoms with Gasteiger partial charge in [-0.15, -0.1) is 10.2 Å². The maximum Gasteiger partial charge on any atom is 0.319 e. The Morgan fingerprint density at radius 3 is 2.44 bits per heavy atom. The van der Waals surface area contributed by atoms with Crippen LogP contribution in [0.5, 0.6) is 0 Å². The van der Waals surface area contributed by atoms with Crippen LogP contribution in [-0.4, -0.2) is 29.8 Å². The zero-order valence-electron chi connectivity index (χ0n) is 17.8. The van der Waals surface area contributed by atoms with Crippen molar-refractivity contribution < 1.29 is 13.9 Å². The predicted molar refractivity (Wildman–Crippen MR) is 124 cm³/mol. The van der Waals surface area contributed by atoms with Crippen molar-refractivity contribution in [2.24, 2.45) is 0 Å². The molecule has 4 aromatic rings. The normalized spacial score (nSPS) is 10.8. The number of carbonyl (C=O) groups is 1. The van der Waals surface area contributed by atoms with Crippen molar-refractivity contribution in [3.63, 3.8) is 0 Å². The summed E-state index contributed by atoms with van der Waals surface area (Å²) in [4.78, 5) is 11.3. The first-order chi connectivity index (χ1) is 15.6. The SMILES string of the molecule is COC(=O)CNCc1ccc(Cl)c(-c2nnc(-c3cccc(-c4ccccc4)c3C)o2)c1. The Hall–Kier alpha value is -3.48. The first kappa shape index (κ1) is 21.7. The van der Waals surface area contributed by atoms with Gasteiger partial charge in [-0.3, -0.25) is 4.79 Å². The van der Waals surface area contributed by atoms with Gasteiger partial charge < -0.3 is 14.5 Å². The van der Waals surface area contributed by atoms with Crippen LogP contribution in [-0.2, 0) is 16.1 Å². The lowest BCUT2D eigenvalue weighted by Crippen LogP contribution is -2.23. The molecular weight excluding hydrogens is 426 g/mol. The Morgan fingerprint density at radius 2 is 1.69 bits per heavy atom. The van der Waals surface area contributed by atoms with Crippen LogP contribution in [0.2, 0.25) is 5.02 Å². The molecule has 162 valence electrons. The van der Waals surface area contributed by atoms with E-state index in [2.05, 4.69) is 38.5 Å². The highest BCUT2D eigenvalue weighted by molar-refractivity contribution is 6.33. The second-order valence-electron chi connectivity index (χ2n) is 7.25. The molecule has 0 saturated heterocycles. The number of benzene rings is 3. The molecule has 0 bridgehead atoms. The average Bonchev–Trinajstić information content (AvgIpc) is 3.30. The van der Waals surface area contributed by atoms with Gasteiger partial charge in [-0.05, 0) is 47.4 Å². The maximum atomic E-state index is 11.3. The first-order valence-corrected chi connectivity index (χ1v) is 10.5. The van der Waals surface area contributed by atoms with E-state index in [9.17, 15) is 4.79 Å². The summed E-state index contributed by atoms with van der Waals surface area (Å²) in [5, 5.41) is 12.0. The number of hydrogen-bond donors (Lipinski definition) is 1. The van der Waals surface area contributed by atoms with E-state index in [1.165, 1.54) is 7.11 Å². The number of aromatic nitrogens is 2. The van der Waals surface area contributed by atoms with E-state index in [0.717, 1.165) is 27.8 Å². The van der Waals surface area contributed by atoms with Crippen LogP contribution in [0.4, 0.5) is 0 Å². The summed E-state index contributed by atoms with van der Waals surface area (Å²) < 4.78 is 10.7. The summed E-state index contributed by atoms with van der Waals surface area (Å²) in [6.45, 7) is 2.64. The van der Waals surface area contributed by atoms with E-state index < -0.39 is 0 Å². The number of esters is 1. The molecule has 0 unspecified atom stereocenters. The largest absolute Gasteiger partial charge is 0.468 e. The second kappa shape index (κ2) is 9.77. The quantitative estimate of drug-likeness (QED) is 0.387. The molecule has 0 fully saturated rings.